The van der Waals surface area contributed by atoms with Gasteiger partial charge in [0.05, 0.1) is 30.9 Å². The minimum atomic E-state index is -0.841. The number of carbonyl (C=O) groups excluding carboxylic acids is 3. The molecule has 18 rings (SSSR count). The van der Waals surface area contributed by atoms with Gasteiger partial charge in [0.25, 0.3) is 0 Å². The van der Waals surface area contributed by atoms with Crippen LogP contribution >= 0.6 is 0 Å². The second-order valence-corrected chi connectivity index (χ2v) is 30.0. The number of aromatic hydroxyl groups is 3. The fourth-order valence-electron chi connectivity index (χ4n) is 19.9. The molecule has 12 aliphatic rings. The Balaban J connectivity index is 0.961. The molecule has 0 radical (unpaired) electrons. The zero-order valence-corrected chi connectivity index (χ0v) is 55.0. The van der Waals surface area contributed by atoms with Gasteiger partial charge in [0.1, 0.15) is 40.7 Å². The summed E-state index contributed by atoms with van der Waals surface area (Å²) in [5.74, 6) is 7.60. The number of aromatic nitrogens is 2. The highest BCUT2D eigenvalue weighted by molar-refractivity contribution is 6.00. The van der Waals surface area contributed by atoms with Crippen molar-refractivity contribution in [2.45, 2.75) is 166 Å². The van der Waals surface area contributed by atoms with E-state index in [9.17, 15) is 35.1 Å². The lowest BCUT2D eigenvalue weighted by atomic mass is 9.61. The molecule has 8 heterocycles. The monoisotopic (exact) mass is 1280 g/mol. The number of anilines is 1. The van der Waals surface area contributed by atoms with E-state index in [4.69, 9.17) is 14.2 Å². The third-order valence-electron chi connectivity index (χ3n) is 24.3. The predicted octanol–water partition coefficient (Wildman–Crippen LogP) is 14.2. The molecule has 4 spiro atoms. The Morgan fingerprint density at radius 2 is 1.73 bits per heavy atom. The number of ether oxygens (including phenoxy) is 3. The van der Waals surface area contributed by atoms with Crippen molar-refractivity contribution in [3.8, 4) is 46.3 Å². The Morgan fingerprint density at radius 1 is 0.874 bits per heavy atom. The summed E-state index contributed by atoms with van der Waals surface area (Å²) < 4.78 is 21.3. The van der Waals surface area contributed by atoms with Crippen LogP contribution in [0, 0.1) is 51.3 Å². The molecule has 3 saturated carbocycles. The van der Waals surface area contributed by atoms with Crippen LogP contribution in [0.5, 0.6) is 34.5 Å². The number of dihydropyridines is 1. The largest absolute Gasteiger partial charge is 0.508 e. The van der Waals surface area contributed by atoms with Crippen molar-refractivity contribution < 1.29 is 54.1 Å². The van der Waals surface area contributed by atoms with Crippen LogP contribution in [0.1, 0.15) is 180 Å². The number of allylic oxidation sites excluding steroid dienone is 6. The van der Waals surface area contributed by atoms with Gasteiger partial charge in [0.2, 0.25) is 5.75 Å². The molecule has 95 heavy (non-hydrogen) atoms. The van der Waals surface area contributed by atoms with Crippen LogP contribution in [0.2, 0.25) is 0 Å². The van der Waals surface area contributed by atoms with E-state index in [1.54, 1.807) is 25.1 Å². The highest BCUT2D eigenvalue weighted by Gasteiger charge is 2.60. The number of benzene rings is 4. The Kier molecular flexibility index (Phi) is 16.0. The molecule has 3 fully saturated rings. The minimum Gasteiger partial charge on any atom is -0.508 e. The zero-order valence-electron chi connectivity index (χ0n) is 55.0. The van der Waals surface area contributed by atoms with Crippen LogP contribution in [0.25, 0.3) is 10.8 Å². The van der Waals surface area contributed by atoms with Crippen molar-refractivity contribution in [1.29, 1.82) is 0 Å². The van der Waals surface area contributed by atoms with Crippen LogP contribution < -0.4 is 19.7 Å². The van der Waals surface area contributed by atoms with Gasteiger partial charge in [-0.1, -0.05) is 66.8 Å². The Hall–Kier alpha value is -8.45. The molecule has 2 aromatic heterocycles. The first-order valence-corrected chi connectivity index (χ1v) is 34.6. The average molecular weight is 1280 g/mol. The van der Waals surface area contributed by atoms with Crippen molar-refractivity contribution in [3.05, 3.63) is 172 Å². The van der Waals surface area contributed by atoms with Gasteiger partial charge in [-0.05, 0) is 213 Å². The number of esters is 1. The minimum absolute atomic E-state index is 0.0119. The van der Waals surface area contributed by atoms with Gasteiger partial charge in [-0.3, -0.25) is 14.4 Å². The number of aliphatic hydroxyl groups excluding tert-OH is 2. The highest BCUT2D eigenvalue weighted by Crippen LogP contribution is 2.70. The molecule has 0 saturated heterocycles. The number of hydrogen-bond donors (Lipinski definition) is 7. The van der Waals surface area contributed by atoms with Crippen molar-refractivity contribution in [3.63, 3.8) is 0 Å². The molecule has 6 aromatic rings. The quantitative estimate of drug-likeness (QED) is 0.0586. The lowest BCUT2D eigenvalue weighted by molar-refractivity contribution is -0.148. The van der Waals surface area contributed by atoms with E-state index < -0.39 is 35.0 Å². The number of Topliss-reactive ketones (excluding diaryl/α,β-unsaturated/α-hetero) is 2. The summed E-state index contributed by atoms with van der Waals surface area (Å²) in [6, 6.07) is 19.5. The summed E-state index contributed by atoms with van der Waals surface area (Å²) >= 11 is 0. The number of fused-ring (bicyclic) bond motifs is 1. The fraction of sp³-hybridized carbons (Fsp3) is 0.463. The predicted molar refractivity (Wildman–Crippen MR) is 363 cm³/mol. The maximum atomic E-state index is 15.9. The number of nitrogens with one attached hydrogen (secondary N) is 2. The van der Waals surface area contributed by atoms with Gasteiger partial charge in [-0.25, -0.2) is 0 Å². The number of phenolic OH excluding ortho intramolecular Hbond substituents is 3. The van der Waals surface area contributed by atoms with Crippen LogP contribution in [0.15, 0.2) is 133 Å². The van der Waals surface area contributed by atoms with Crippen molar-refractivity contribution in [2.75, 3.05) is 31.7 Å². The number of rotatable bonds is 7. The fourth-order valence-corrected chi connectivity index (χ4v) is 19.9. The summed E-state index contributed by atoms with van der Waals surface area (Å²) in [6.45, 7) is 6.06. The molecule has 15 bridgehead atoms. The number of carbonyl (C=O) groups is 3. The van der Waals surface area contributed by atoms with E-state index in [1.165, 1.54) is 25.7 Å². The second-order valence-electron chi connectivity index (χ2n) is 30.0. The van der Waals surface area contributed by atoms with E-state index in [0.29, 0.717) is 62.9 Å². The third kappa shape index (κ3) is 11.2. The maximum absolute atomic E-state index is 15.9. The van der Waals surface area contributed by atoms with E-state index in [2.05, 4.69) is 106 Å². The van der Waals surface area contributed by atoms with Crippen LogP contribution in [0.4, 0.5) is 5.69 Å². The summed E-state index contributed by atoms with van der Waals surface area (Å²) in [6.07, 6.45) is 27.4. The first kappa shape index (κ1) is 62.7. The van der Waals surface area contributed by atoms with Gasteiger partial charge in [0, 0.05) is 110 Å². The molecule has 494 valence electrons. The summed E-state index contributed by atoms with van der Waals surface area (Å²) in [4.78, 5) is 48.5. The van der Waals surface area contributed by atoms with E-state index in [-0.39, 0.29) is 107 Å². The summed E-state index contributed by atoms with van der Waals surface area (Å²) in [7, 11) is 1.51. The molecule has 12 atom stereocenters. The number of H-pyrrole nitrogens is 1. The number of methoxy groups -OCH3 is 1. The number of nitrogens with zero attached hydrogens (tertiary/aromatic N) is 2. The number of aromatic amines is 1. The lowest BCUT2D eigenvalue weighted by Crippen LogP contribution is -2.37. The first-order chi connectivity index (χ1) is 45.8. The first-order valence-electron chi connectivity index (χ1n) is 34.6. The van der Waals surface area contributed by atoms with E-state index in [0.717, 1.165) is 119 Å². The number of aliphatic hydroxyl groups is 2. The van der Waals surface area contributed by atoms with Crippen molar-refractivity contribution >= 4 is 34.0 Å². The SMILES string of the molecule is COc1cc2cc(O)c1Oc1cc(O)cc(c1)CC1CCC3(CCC4(CCC5(Cc6c7c(ccc8c7cn6C2CC(=O)CC(OC(C)=O)CCC26Cc7c[nH]cc7C(C#CCC2=CC=CC6C)C(c2cccc(O)c2)C2=CCNC(=C2)N8CCC(C)=O)C5O)C4)C3)CC1CO. The molecular formula is C80H88N4O11. The van der Waals surface area contributed by atoms with E-state index >= 15 is 4.79 Å². The molecule has 7 N–H and O–H groups in total. The molecule has 15 heteroatoms. The van der Waals surface area contributed by atoms with Gasteiger partial charge in [-0.15, -0.1) is 0 Å². The van der Waals surface area contributed by atoms with Gasteiger partial charge < -0.3 is 59.5 Å². The standard InChI is InChI=1S/C80H88N4O11/c1-47-8-5-10-57-11-7-13-63-65-42-81-41-55(65)39-80(47,57)21-17-61(94-49(3)87)35-60(90)37-68-54-32-70(91)75(71(33-54)93-4)95-62-30-50(29-59(89)36-62)28-51-16-20-77(38-56(51)44-85)22-23-78(45-77)24-25-79(46-78)40-69-74-64(76(79)92)14-15-67(66(74)43-84(68)69)83(27-19-48(2)86)72-34-53(18-26-82-72)73(63)52-9-6-12-58(88)31-52/h5-6,8-10,12,14-15,18,29-34,36,41-43,47,51,56,61,63,68,73,76,81-82,85,88-89,91-92H,11,16-17,19-28,35,37-40,44-46H2,1-4H3. The van der Waals surface area contributed by atoms with Crippen LogP contribution in [-0.4, -0.2) is 85.5 Å². The molecule has 6 aliphatic heterocycles. The van der Waals surface area contributed by atoms with Crippen molar-refractivity contribution in [1.82, 2.24) is 14.9 Å². The van der Waals surface area contributed by atoms with E-state index in [1.807, 2.05) is 24.3 Å². The second kappa shape index (κ2) is 24.3. The molecule has 0 amide bonds. The Labute approximate surface area is 556 Å². The average Bonchev–Trinajstić information content (AvgIpc) is 1.56. The van der Waals surface area contributed by atoms with Crippen LogP contribution in [-0.2, 0) is 38.4 Å². The Bertz CT molecular complexity index is 4290. The lowest BCUT2D eigenvalue weighted by Gasteiger charge is -2.44. The number of ketones is 2. The maximum Gasteiger partial charge on any atom is 0.302 e. The smallest absolute Gasteiger partial charge is 0.302 e. The molecule has 12 unspecified atom stereocenters. The van der Waals surface area contributed by atoms with Gasteiger partial charge >= 0.3 is 5.97 Å². The van der Waals surface area contributed by atoms with Crippen LogP contribution in [0.3, 0.4) is 0 Å². The molecule has 6 aliphatic carbocycles. The van der Waals surface area contributed by atoms with Gasteiger partial charge in [-0.2, -0.15) is 0 Å². The number of hydrogen-bond acceptors (Lipinski definition) is 13. The Morgan fingerprint density at radius 3 is 2.55 bits per heavy atom. The normalized spacial score (nSPS) is 30.7. The highest BCUT2D eigenvalue weighted by atomic mass is 16.5. The third-order valence-corrected chi connectivity index (χ3v) is 24.3. The summed E-state index contributed by atoms with van der Waals surface area (Å²) in [5, 5.41) is 65.4. The topological polar surface area (TPSA) is 216 Å². The molecule has 4 aromatic carbocycles. The van der Waals surface area contributed by atoms with Crippen molar-refractivity contribution in [2.24, 2.45) is 39.4 Å². The molecule has 15 nitrogen and oxygen atoms in total. The molecular weight excluding hydrogens is 1190 g/mol. The number of phenols is 3. The van der Waals surface area contributed by atoms with Gasteiger partial charge in [0.15, 0.2) is 11.5 Å². The summed E-state index contributed by atoms with van der Waals surface area (Å²) in [5.41, 5.74) is 8.08. The zero-order chi connectivity index (χ0) is 65.7.